The van der Waals surface area contributed by atoms with E-state index in [-0.39, 0.29) is 0 Å². The van der Waals surface area contributed by atoms with Crippen molar-refractivity contribution in [2.75, 3.05) is 5.73 Å². The Bertz CT molecular complexity index is 239. The van der Waals surface area contributed by atoms with Crippen molar-refractivity contribution in [3.8, 4) is 0 Å². The highest BCUT2D eigenvalue weighted by atomic mass is 79.9. The van der Waals surface area contributed by atoms with E-state index in [1.165, 1.54) is 0 Å². The monoisotopic (exact) mass is 220 g/mol. The number of nitrogen functional groups attached to an aromatic ring is 1. The van der Waals surface area contributed by atoms with Gasteiger partial charge in [0.15, 0.2) is 0 Å². The van der Waals surface area contributed by atoms with Gasteiger partial charge < -0.3 is 5.73 Å². The minimum absolute atomic E-state index is 0.520. The van der Waals surface area contributed by atoms with Crippen molar-refractivity contribution in [1.29, 1.82) is 0 Å². The van der Waals surface area contributed by atoms with Gasteiger partial charge in [-0.2, -0.15) is 0 Å². The molecule has 0 amide bonds. The maximum absolute atomic E-state index is 5.71. The topological polar surface area (TPSA) is 38.9 Å². The first-order chi connectivity index (χ1) is 4.74. The van der Waals surface area contributed by atoms with Gasteiger partial charge in [-0.1, -0.05) is 27.5 Å². The van der Waals surface area contributed by atoms with Crippen molar-refractivity contribution in [3.63, 3.8) is 0 Å². The predicted molar refractivity (Wildman–Crippen MR) is 46.3 cm³/mol. The molecule has 0 fully saturated rings. The minimum atomic E-state index is 0.520. The maximum Gasteiger partial charge on any atom is 0.0690 e. The molecule has 2 nitrogen and oxygen atoms in total. The van der Waals surface area contributed by atoms with Crippen molar-refractivity contribution in [2.45, 2.75) is 5.33 Å². The molecule has 0 radical (unpaired) electrons. The number of pyridine rings is 1. The van der Waals surface area contributed by atoms with Crippen LogP contribution in [0.3, 0.4) is 0 Å². The van der Waals surface area contributed by atoms with Gasteiger partial charge in [0.25, 0.3) is 0 Å². The lowest BCUT2D eigenvalue weighted by atomic mass is 10.3. The molecule has 4 heteroatoms. The fourth-order valence-corrected chi connectivity index (χ4v) is 1.04. The second-order valence-corrected chi connectivity index (χ2v) is 2.80. The Morgan fingerprint density at radius 3 is 2.90 bits per heavy atom. The van der Waals surface area contributed by atoms with Crippen molar-refractivity contribution in [3.05, 3.63) is 23.0 Å². The van der Waals surface area contributed by atoms with Crippen LogP contribution in [0.2, 0.25) is 5.02 Å². The smallest absolute Gasteiger partial charge is 0.0690 e. The summed E-state index contributed by atoms with van der Waals surface area (Å²) in [6, 6.07) is 1.74. The third kappa shape index (κ3) is 1.61. The molecular weight excluding hydrogens is 215 g/mol. The number of hydrogen-bond donors (Lipinski definition) is 1. The van der Waals surface area contributed by atoms with E-state index in [0.29, 0.717) is 16.0 Å². The van der Waals surface area contributed by atoms with Crippen LogP contribution in [-0.2, 0) is 5.33 Å². The van der Waals surface area contributed by atoms with E-state index in [1.807, 2.05) is 0 Å². The lowest BCUT2D eigenvalue weighted by Crippen LogP contribution is -1.90. The molecular formula is C6H6BrClN2. The average Bonchev–Trinajstić information content (AvgIpc) is 1.95. The van der Waals surface area contributed by atoms with E-state index in [9.17, 15) is 0 Å². The van der Waals surface area contributed by atoms with Gasteiger partial charge in [0.1, 0.15) is 0 Å². The average molecular weight is 221 g/mol. The van der Waals surface area contributed by atoms with Gasteiger partial charge in [0, 0.05) is 5.33 Å². The quantitative estimate of drug-likeness (QED) is 0.739. The van der Waals surface area contributed by atoms with Gasteiger partial charge in [-0.05, 0) is 6.07 Å². The van der Waals surface area contributed by atoms with Gasteiger partial charge >= 0.3 is 0 Å². The summed E-state index contributed by atoms with van der Waals surface area (Å²) in [5, 5.41) is 1.26. The highest BCUT2D eigenvalue weighted by Crippen LogP contribution is 2.18. The largest absolute Gasteiger partial charge is 0.396 e. The maximum atomic E-state index is 5.71. The van der Waals surface area contributed by atoms with Crippen molar-refractivity contribution >= 4 is 33.2 Å². The number of alkyl halides is 1. The van der Waals surface area contributed by atoms with Gasteiger partial charge in [-0.15, -0.1) is 0 Å². The summed E-state index contributed by atoms with van der Waals surface area (Å²) in [5.41, 5.74) is 6.84. The molecule has 1 aromatic heterocycles. The van der Waals surface area contributed by atoms with E-state index in [4.69, 9.17) is 17.3 Å². The lowest BCUT2D eigenvalue weighted by molar-refractivity contribution is 1.19. The minimum Gasteiger partial charge on any atom is -0.396 e. The number of rotatable bonds is 1. The molecule has 10 heavy (non-hydrogen) atoms. The number of anilines is 1. The molecule has 0 aliphatic heterocycles. The van der Waals surface area contributed by atoms with Crippen LogP contribution in [0.25, 0.3) is 0 Å². The standard InChI is InChI=1S/C6H6BrClN2/c7-2-4-1-5(8)6(9)3-10-4/h1,3H,2,9H2. The zero-order chi connectivity index (χ0) is 7.56. The number of aromatic nitrogens is 1. The fourth-order valence-electron chi connectivity index (χ4n) is 0.554. The molecule has 1 aromatic rings. The third-order valence-corrected chi connectivity index (χ3v) is 1.98. The molecule has 0 atom stereocenters. The van der Waals surface area contributed by atoms with E-state index in [1.54, 1.807) is 12.3 Å². The van der Waals surface area contributed by atoms with Gasteiger partial charge in [0.05, 0.1) is 22.6 Å². The Kier molecular flexibility index (Phi) is 2.51. The molecule has 0 saturated carbocycles. The zero-order valence-electron chi connectivity index (χ0n) is 5.14. The van der Waals surface area contributed by atoms with Crippen LogP contribution in [0.5, 0.6) is 0 Å². The third-order valence-electron chi connectivity index (χ3n) is 1.08. The van der Waals surface area contributed by atoms with E-state index in [0.717, 1.165) is 5.69 Å². The number of halogens is 2. The van der Waals surface area contributed by atoms with Crippen LogP contribution in [0.4, 0.5) is 5.69 Å². The molecule has 54 valence electrons. The summed E-state index contributed by atoms with van der Waals surface area (Å²) < 4.78 is 0. The molecule has 0 saturated heterocycles. The van der Waals surface area contributed by atoms with Crippen LogP contribution in [0.15, 0.2) is 12.3 Å². The van der Waals surface area contributed by atoms with Crippen LogP contribution < -0.4 is 5.73 Å². The van der Waals surface area contributed by atoms with Gasteiger partial charge in [-0.25, -0.2) is 0 Å². The van der Waals surface area contributed by atoms with E-state index >= 15 is 0 Å². The van der Waals surface area contributed by atoms with Crippen molar-refractivity contribution < 1.29 is 0 Å². The zero-order valence-corrected chi connectivity index (χ0v) is 7.48. The second-order valence-electron chi connectivity index (χ2n) is 1.83. The molecule has 0 aliphatic rings. The van der Waals surface area contributed by atoms with E-state index in [2.05, 4.69) is 20.9 Å². The first-order valence-electron chi connectivity index (χ1n) is 2.70. The Labute approximate surface area is 72.5 Å². The predicted octanol–water partition coefficient (Wildman–Crippen LogP) is 2.21. The Morgan fingerprint density at radius 2 is 2.40 bits per heavy atom. The summed E-state index contributed by atoms with van der Waals surface area (Å²) >= 11 is 8.96. The first kappa shape index (κ1) is 7.82. The molecule has 0 aromatic carbocycles. The number of hydrogen-bond acceptors (Lipinski definition) is 2. The summed E-state index contributed by atoms with van der Waals surface area (Å²) in [6.45, 7) is 0. The van der Waals surface area contributed by atoms with Gasteiger partial charge in [0.2, 0.25) is 0 Å². The number of nitrogens with two attached hydrogens (primary N) is 1. The van der Waals surface area contributed by atoms with Crippen LogP contribution >= 0.6 is 27.5 Å². The highest BCUT2D eigenvalue weighted by molar-refractivity contribution is 9.08. The molecule has 0 spiro atoms. The van der Waals surface area contributed by atoms with Crippen molar-refractivity contribution in [2.24, 2.45) is 0 Å². The Hall–Kier alpha value is -0.280. The Balaban J connectivity index is 3.04. The first-order valence-corrected chi connectivity index (χ1v) is 4.20. The van der Waals surface area contributed by atoms with E-state index < -0.39 is 0 Å². The second kappa shape index (κ2) is 3.21. The SMILES string of the molecule is Nc1cnc(CBr)cc1Cl. The summed E-state index contributed by atoms with van der Waals surface area (Å²) in [7, 11) is 0. The fraction of sp³-hybridized carbons (Fsp3) is 0.167. The molecule has 1 heterocycles. The normalized spacial score (nSPS) is 9.80. The molecule has 1 rings (SSSR count). The number of nitrogens with zero attached hydrogens (tertiary/aromatic N) is 1. The van der Waals surface area contributed by atoms with Crippen LogP contribution in [0, 0.1) is 0 Å². The summed E-state index contributed by atoms with van der Waals surface area (Å²) in [6.07, 6.45) is 1.55. The summed E-state index contributed by atoms with van der Waals surface area (Å²) in [4.78, 5) is 4.00. The lowest BCUT2D eigenvalue weighted by Gasteiger charge is -1.97. The molecule has 0 aliphatic carbocycles. The van der Waals surface area contributed by atoms with Crippen LogP contribution in [0.1, 0.15) is 5.69 Å². The molecule has 0 unspecified atom stereocenters. The molecule has 0 bridgehead atoms. The van der Waals surface area contributed by atoms with Crippen molar-refractivity contribution in [1.82, 2.24) is 4.98 Å². The highest BCUT2D eigenvalue weighted by Gasteiger charge is 1.96. The summed E-state index contributed by atoms with van der Waals surface area (Å²) in [5.74, 6) is 0. The Morgan fingerprint density at radius 1 is 1.70 bits per heavy atom. The van der Waals surface area contributed by atoms with Crippen LogP contribution in [-0.4, -0.2) is 4.98 Å². The molecule has 2 N–H and O–H groups in total. The van der Waals surface area contributed by atoms with Gasteiger partial charge in [-0.3, -0.25) is 4.98 Å².